The van der Waals surface area contributed by atoms with Crippen molar-refractivity contribution in [3.63, 3.8) is 0 Å². The molecule has 60 valence electrons. The first kappa shape index (κ1) is 8.40. The molecule has 0 N–H and O–H groups in total. The summed E-state index contributed by atoms with van der Waals surface area (Å²) in [6.07, 6.45) is 7.73. The molecule has 0 saturated heterocycles. The average Bonchev–Trinajstić information content (AvgIpc) is 2.48. The van der Waals surface area contributed by atoms with Crippen LogP contribution in [-0.2, 0) is 6.54 Å². The number of nitrogens with zero attached hydrogens (tertiary/aromatic N) is 2. The topological polar surface area (TPSA) is 17.8 Å². The van der Waals surface area contributed by atoms with Gasteiger partial charge in [-0.1, -0.05) is 12.7 Å². The molecule has 0 saturated carbocycles. The molecule has 3 heteroatoms. The maximum absolute atomic E-state index is 4.16. The van der Waals surface area contributed by atoms with Gasteiger partial charge < -0.3 is 0 Å². The summed E-state index contributed by atoms with van der Waals surface area (Å²) in [5.41, 5.74) is 1.09. The van der Waals surface area contributed by atoms with Gasteiger partial charge in [-0.15, -0.1) is 0 Å². The van der Waals surface area contributed by atoms with E-state index in [1.165, 1.54) is 0 Å². The molecule has 0 fully saturated rings. The third-order valence-corrected chi connectivity index (χ3v) is 2.00. The lowest BCUT2D eigenvalue weighted by molar-refractivity contribution is 0.667. The van der Waals surface area contributed by atoms with E-state index in [1.54, 1.807) is 0 Å². The highest BCUT2D eigenvalue weighted by Gasteiger charge is 1.92. The Morgan fingerprint density at radius 1 is 1.82 bits per heavy atom. The molecule has 11 heavy (non-hydrogen) atoms. The first-order valence-corrected chi connectivity index (χ1v) is 4.90. The molecule has 0 unspecified atom stereocenters. The van der Waals surface area contributed by atoms with E-state index in [-0.39, 0.29) is 0 Å². The zero-order valence-corrected chi connectivity index (χ0v) is 7.47. The second-order valence-electron chi connectivity index (χ2n) is 2.23. The average molecular weight is 168 g/mol. The molecule has 2 nitrogen and oxygen atoms in total. The molecule has 0 amide bonds. The highest BCUT2D eigenvalue weighted by Crippen LogP contribution is 2.00. The number of hydrogen-bond acceptors (Lipinski definition) is 2. The van der Waals surface area contributed by atoms with E-state index < -0.39 is 0 Å². The van der Waals surface area contributed by atoms with Crippen molar-refractivity contribution in [2.75, 3.05) is 12.0 Å². The van der Waals surface area contributed by atoms with Crippen molar-refractivity contribution < 1.29 is 0 Å². The molecule has 0 spiro atoms. The number of aromatic nitrogens is 2. The van der Waals surface area contributed by atoms with Crippen molar-refractivity contribution in [1.29, 1.82) is 0 Å². The minimum Gasteiger partial charge on any atom is -0.271 e. The highest BCUT2D eigenvalue weighted by atomic mass is 32.2. The van der Waals surface area contributed by atoms with E-state index in [0.29, 0.717) is 0 Å². The van der Waals surface area contributed by atoms with Crippen molar-refractivity contribution in [3.05, 3.63) is 24.5 Å². The van der Waals surface area contributed by atoms with Gasteiger partial charge in [-0.3, -0.25) is 4.68 Å². The molecular weight excluding hydrogens is 156 g/mol. The first-order valence-electron chi connectivity index (χ1n) is 3.50. The van der Waals surface area contributed by atoms with Crippen LogP contribution in [0.5, 0.6) is 0 Å². The van der Waals surface area contributed by atoms with Gasteiger partial charge in [-0.05, 0) is 6.26 Å². The number of thioether (sulfide) groups is 1. The van der Waals surface area contributed by atoms with E-state index in [0.717, 1.165) is 17.9 Å². The van der Waals surface area contributed by atoms with Gasteiger partial charge in [-0.2, -0.15) is 16.9 Å². The number of aryl methyl sites for hydroxylation is 1. The lowest BCUT2D eigenvalue weighted by Gasteiger charge is -1.96. The molecule has 1 heterocycles. The van der Waals surface area contributed by atoms with Gasteiger partial charge in [0.05, 0.1) is 6.20 Å². The number of hydrogen-bond donors (Lipinski definition) is 0. The zero-order valence-electron chi connectivity index (χ0n) is 6.66. The third-order valence-electron chi connectivity index (χ3n) is 1.41. The van der Waals surface area contributed by atoms with Crippen molar-refractivity contribution in [1.82, 2.24) is 9.78 Å². The van der Waals surface area contributed by atoms with Gasteiger partial charge in [0.15, 0.2) is 0 Å². The summed E-state index contributed by atoms with van der Waals surface area (Å²) in [6, 6.07) is 0. The molecule has 1 aromatic rings. The molecule has 0 aromatic carbocycles. The van der Waals surface area contributed by atoms with Crippen molar-refractivity contribution in [2.24, 2.45) is 0 Å². The molecule has 0 atom stereocenters. The predicted molar refractivity (Wildman–Crippen MR) is 50.7 cm³/mol. The minimum absolute atomic E-state index is 0.981. The lowest BCUT2D eigenvalue weighted by atomic mass is 10.4. The SMILES string of the molecule is C=Cc1cnn(CCSC)c1. The summed E-state index contributed by atoms with van der Waals surface area (Å²) in [5.74, 6) is 1.11. The van der Waals surface area contributed by atoms with E-state index in [1.807, 2.05) is 34.9 Å². The highest BCUT2D eigenvalue weighted by molar-refractivity contribution is 7.98. The van der Waals surface area contributed by atoms with E-state index in [9.17, 15) is 0 Å². The normalized spacial score (nSPS) is 9.91. The monoisotopic (exact) mass is 168 g/mol. The Morgan fingerprint density at radius 3 is 3.18 bits per heavy atom. The second kappa shape index (κ2) is 4.23. The molecule has 1 rings (SSSR count). The van der Waals surface area contributed by atoms with E-state index >= 15 is 0 Å². The van der Waals surface area contributed by atoms with E-state index in [2.05, 4.69) is 17.9 Å². The lowest BCUT2D eigenvalue weighted by Crippen LogP contribution is -1.99. The fourth-order valence-corrected chi connectivity index (χ4v) is 1.16. The Kier molecular flexibility index (Phi) is 3.23. The fraction of sp³-hybridized carbons (Fsp3) is 0.375. The minimum atomic E-state index is 0.981. The fourth-order valence-electron chi connectivity index (χ4n) is 0.792. The molecule has 0 aliphatic heterocycles. The van der Waals surface area contributed by atoms with E-state index in [4.69, 9.17) is 0 Å². The molecule has 0 aliphatic carbocycles. The maximum atomic E-state index is 4.16. The number of rotatable bonds is 4. The van der Waals surface area contributed by atoms with Crippen LogP contribution in [0.2, 0.25) is 0 Å². The van der Waals surface area contributed by atoms with Crippen molar-refractivity contribution >= 4 is 17.8 Å². The van der Waals surface area contributed by atoms with Gasteiger partial charge in [0.2, 0.25) is 0 Å². The van der Waals surface area contributed by atoms with Crippen LogP contribution >= 0.6 is 11.8 Å². The second-order valence-corrected chi connectivity index (χ2v) is 3.22. The summed E-state index contributed by atoms with van der Waals surface area (Å²) in [4.78, 5) is 0. The molecule has 0 aliphatic rings. The molecule has 1 aromatic heterocycles. The van der Waals surface area contributed by atoms with Crippen LogP contribution in [0.4, 0.5) is 0 Å². The Morgan fingerprint density at radius 2 is 2.64 bits per heavy atom. The van der Waals surface area contributed by atoms with Crippen LogP contribution in [0.3, 0.4) is 0 Å². The van der Waals surface area contributed by atoms with Crippen LogP contribution in [0.1, 0.15) is 5.56 Å². The predicted octanol–water partition coefficient (Wildman–Crippen LogP) is 1.89. The molecule has 0 bridgehead atoms. The molecule has 0 radical (unpaired) electrons. The van der Waals surface area contributed by atoms with Gasteiger partial charge in [0.25, 0.3) is 0 Å². The van der Waals surface area contributed by atoms with Gasteiger partial charge >= 0.3 is 0 Å². The van der Waals surface area contributed by atoms with Gasteiger partial charge in [-0.25, -0.2) is 0 Å². The Hall–Kier alpha value is -0.700. The Balaban J connectivity index is 2.51. The largest absolute Gasteiger partial charge is 0.271 e. The smallest absolute Gasteiger partial charge is 0.0562 e. The van der Waals surface area contributed by atoms with Crippen LogP contribution in [-0.4, -0.2) is 21.8 Å². The summed E-state index contributed by atoms with van der Waals surface area (Å²) < 4.78 is 1.94. The summed E-state index contributed by atoms with van der Waals surface area (Å²) >= 11 is 1.83. The van der Waals surface area contributed by atoms with Gasteiger partial charge in [0.1, 0.15) is 0 Å². The first-order chi connectivity index (χ1) is 5.36. The third kappa shape index (κ3) is 2.42. The van der Waals surface area contributed by atoms with Crippen molar-refractivity contribution in [3.8, 4) is 0 Å². The molecular formula is C8H12N2S. The quantitative estimate of drug-likeness (QED) is 0.683. The Labute approximate surface area is 71.3 Å². The van der Waals surface area contributed by atoms with Crippen LogP contribution in [0, 0.1) is 0 Å². The Bertz CT molecular complexity index is 230. The van der Waals surface area contributed by atoms with Crippen molar-refractivity contribution in [2.45, 2.75) is 6.54 Å². The summed E-state index contributed by atoms with van der Waals surface area (Å²) in [5, 5.41) is 4.16. The van der Waals surface area contributed by atoms with Crippen LogP contribution in [0.25, 0.3) is 6.08 Å². The summed E-state index contributed by atoms with van der Waals surface area (Å²) in [7, 11) is 0. The van der Waals surface area contributed by atoms with Gasteiger partial charge in [0, 0.05) is 24.1 Å². The standard InChI is InChI=1S/C8H12N2S/c1-3-8-6-9-10(7-8)4-5-11-2/h3,6-7H,1,4-5H2,2H3. The van der Waals surface area contributed by atoms with Crippen LogP contribution < -0.4 is 0 Å². The van der Waals surface area contributed by atoms with Crippen LogP contribution in [0.15, 0.2) is 19.0 Å². The maximum Gasteiger partial charge on any atom is 0.0562 e. The zero-order chi connectivity index (χ0) is 8.10. The summed E-state index contributed by atoms with van der Waals surface area (Å²) in [6.45, 7) is 4.65.